The molecule has 1 aromatic carbocycles. The van der Waals surface area contributed by atoms with Gasteiger partial charge >= 0.3 is 0 Å². The minimum absolute atomic E-state index is 0.00726. The Kier molecular flexibility index (Phi) is 5.35. The molecule has 7 heteroatoms. The van der Waals surface area contributed by atoms with Crippen molar-refractivity contribution in [2.24, 2.45) is 5.73 Å². The van der Waals surface area contributed by atoms with Gasteiger partial charge in [0.05, 0.1) is 18.9 Å². The molecule has 1 heterocycles. The smallest absolute Gasteiger partial charge is 0.275 e. The molecule has 0 aliphatic carbocycles. The molecule has 0 saturated carbocycles. The molecular weight excluding hydrogens is 302 g/mol. The molecule has 2 rings (SSSR count). The minimum atomic E-state index is -0.308. The number of rotatable bonds is 6. The molecule has 0 fully saturated rings. The van der Waals surface area contributed by atoms with E-state index in [2.05, 4.69) is 10.3 Å². The zero-order valence-electron chi connectivity index (χ0n) is 12.8. The van der Waals surface area contributed by atoms with Crippen LogP contribution in [0.5, 0.6) is 11.5 Å². The highest BCUT2D eigenvalue weighted by atomic mass is 32.1. The van der Waals surface area contributed by atoms with Crippen molar-refractivity contribution in [1.82, 2.24) is 4.98 Å². The number of nitrogens with one attached hydrogen (secondary N) is 1. The number of benzene rings is 1. The van der Waals surface area contributed by atoms with Crippen molar-refractivity contribution < 1.29 is 14.3 Å². The number of hydrogen-bond donors (Lipinski definition) is 2. The van der Waals surface area contributed by atoms with Gasteiger partial charge in [-0.25, -0.2) is 4.98 Å². The fourth-order valence-electron chi connectivity index (χ4n) is 1.79. The van der Waals surface area contributed by atoms with Crippen LogP contribution in [0.1, 0.15) is 29.3 Å². The number of nitrogens with zero attached hydrogens (tertiary/aromatic N) is 1. The number of amides is 1. The molecule has 1 aromatic heterocycles. The number of carbonyl (C=O) groups excluding carboxylic acids is 1. The summed E-state index contributed by atoms with van der Waals surface area (Å²) >= 11 is 1.36. The Hall–Kier alpha value is -2.12. The first-order valence-corrected chi connectivity index (χ1v) is 7.72. The third kappa shape index (κ3) is 3.96. The van der Waals surface area contributed by atoms with Crippen LogP contribution in [0.3, 0.4) is 0 Å². The van der Waals surface area contributed by atoms with Gasteiger partial charge < -0.3 is 20.5 Å². The summed E-state index contributed by atoms with van der Waals surface area (Å²) < 4.78 is 10.9. The van der Waals surface area contributed by atoms with Crippen LogP contribution >= 0.6 is 11.3 Å². The summed E-state index contributed by atoms with van der Waals surface area (Å²) in [7, 11) is 1.57. The van der Waals surface area contributed by atoms with E-state index in [-0.39, 0.29) is 12.0 Å². The monoisotopic (exact) mass is 321 g/mol. The second kappa shape index (κ2) is 7.24. The van der Waals surface area contributed by atoms with Crippen LogP contribution in [-0.2, 0) is 6.54 Å². The number of anilines is 1. The maximum atomic E-state index is 12.3. The highest BCUT2D eigenvalue weighted by molar-refractivity contribution is 7.09. The molecule has 0 aliphatic heterocycles. The lowest BCUT2D eigenvalue weighted by molar-refractivity contribution is 0.102. The highest BCUT2D eigenvalue weighted by Crippen LogP contribution is 2.30. The van der Waals surface area contributed by atoms with Crippen LogP contribution in [0.25, 0.3) is 0 Å². The fraction of sp³-hybridized carbons (Fsp3) is 0.333. The van der Waals surface area contributed by atoms with E-state index in [1.54, 1.807) is 30.7 Å². The first kappa shape index (κ1) is 16.3. The van der Waals surface area contributed by atoms with E-state index in [4.69, 9.17) is 15.2 Å². The zero-order chi connectivity index (χ0) is 16.1. The molecule has 0 aliphatic rings. The molecule has 0 unspecified atom stereocenters. The molecule has 3 N–H and O–H groups in total. The number of carbonyl (C=O) groups is 1. The van der Waals surface area contributed by atoms with Crippen molar-refractivity contribution in [3.63, 3.8) is 0 Å². The normalized spacial score (nSPS) is 10.6. The maximum absolute atomic E-state index is 12.3. The van der Waals surface area contributed by atoms with Crippen molar-refractivity contribution in [3.8, 4) is 11.5 Å². The van der Waals surface area contributed by atoms with Gasteiger partial charge in [-0.05, 0) is 26.0 Å². The molecule has 0 spiro atoms. The largest absolute Gasteiger partial charge is 0.497 e. The molecule has 1 amide bonds. The number of thiazole rings is 1. The summed E-state index contributed by atoms with van der Waals surface area (Å²) in [6.45, 7) is 4.16. The molecule has 0 radical (unpaired) electrons. The lowest BCUT2D eigenvalue weighted by Crippen LogP contribution is -2.15. The van der Waals surface area contributed by atoms with E-state index >= 15 is 0 Å². The van der Waals surface area contributed by atoms with Gasteiger partial charge in [-0.1, -0.05) is 0 Å². The zero-order valence-corrected chi connectivity index (χ0v) is 13.6. The van der Waals surface area contributed by atoms with Crippen molar-refractivity contribution in [2.75, 3.05) is 12.4 Å². The Bertz CT molecular complexity index is 655. The van der Waals surface area contributed by atoms with E-state index in [1.165, 1.54) is 11.3 Å². The summed E-state index contributed by atoms with van der Waals surface area (Å²) in [5.41, 5.74) is 6.39. The van der Waals surface area contributed by atoms with Crippen LogP contribution in [0.15, 0.2) is 23.6 Å². The molecule has 0 atom stereocenters. The number of nitrogens with two attached hydrogens (primary N) is 1. The first-order valence-electron chi connectivity index (χ1n) is 6.84. The Morgan fingerprint density at radius 2 is 2.23 bits per heavy atom. The van der Waals surface area contributed by atoms with Crippen LogP contribution in [-0.4, -0.2) is 24.1 Å². The van der Waals surface area contributed by atoms with Crippen LogP contribution in [0.4, 0.5) is 5.69 Å². The molecule has 6 nitrogen and oxygen atoms in total. The molecule has 0 saturated heterocycles. The second-order valence-electron chi connectivity index (χ2n) is 4.81. The van der Waals surface area contributed by atoms with Gasteiger partial charge in [0.2, 0.25) is 0 Å². The van der Waals surface area contributed by atoms with Gasteiger partial charge in [-0.3, -0.25) is 4.79 Å². The van der Waals surface area contributed by atoms with Crippen molar-refractivity contribution in [1.29, 1.82) is 0 Å². The van der Waals surface area contributed by atoms with E-state index < -0.39 is 0 Å². The maximum Gasteiger partial charge on any atom is 0.275 e. The first-order chi connectivity index (χ1) is 10.5. The van der Waals surface area contributed by atoms with Crippen molar-refractivity contribution in [2.45, 2.75) is 26.5 Å². The van der Waals surface area contributed by atoms with Crippen LogP contribution < -0.4 is 20.5 Å². The Morgan fingerprint density at radius 3 is 2.82 bits per heavy atom. The van der Waals surface area contributed by atoms with Crippen molar-refractivity contribution in [3.05, 3.63) is 34.3 Å². The fourth-order valence-corrected chi connectivity index (χ4v) is 2.44. The van der Waals surface area contributed by atoms with Gasteiger partial charge in [-0.2, -0.15) is 0 Å². The average molecular weight is 321 g/mol. The van der Waals surface area contributed by atoms with Gasteiger partial charge in [0.1, 0.15) is 22.2 Å². The van der Waals surface area contributed by atoms with E-state index in [0.29, 0.717) is 29.4 Å². The lowest BCUT2D eigenvalue weighted by Gasteiger charge is -2.15. The molecule has 118 valence electrons. The van der Waals surface area contributed by atoms with Crippen molar-refractivity contribution >= 4 is 22.9 Å². The Morgan fingerprint density at radius 1 is 1.45 bits per heavy atom. The van der Waals surface area contributed by atoms with Gasteiger partial charge in [0.15, 0.2) is 0 Å². The number of methoxy groups -OCH3 is 1. The van der Waals surface area contributed by atoms with Crippen LogP contribution in [0, 0.1) is 0 Å². The molecule has 2 aromatic rings. The van der Waals surface area contributed by atoms with E-state index in [1.807, 2.05) is 13.8 Å². The number of aromatic nitrogens is 1. The van der Waals surface area contributed by atoms with Crippen LogP contribution in [0.2, 0.25) is 0 Å². The summed E-state index contributed by atoms with van der Waals surface area (Å²) in [6.07, 6.45) is -0.00726. The second-order valence-corrected chi connectivity index (χ2v) is 5.76. The summed E-state index contributed by atoms with van der Waals surface area (Å²) in [5.74, 6) is 0.906. The third-order valence-corrected chi connectivity index (χ3v) is 3.63. The summed E-state index contributed by atoms with van der Waals surface area (Å²) in [6, 6.07) is 5.26. The number of ether oxygens (including phenoxy) is 2. The van der Waals surface area contributed by atoms with E-state index in [0.717, 1.165) is 5.01 Å². The Balaban J connectivity index is 2.24. The standard InChI is InChI=1S/C15H19N3O3S/c1-9(2)21-13-5-4-10(20-3)6-11(13)18-15(19)12-8-22-14(7-16)17-12/h4-6,8-9H,7,16H2,1-3H3,(H,18,19). The quantitative estimate of drug-likeness (QED) is 0.854. The lowest BCUT2D eigenvalue weighted by atomic mass is 10.2. The van der Waals surface area contributed by atoms with Gasteiger partial charge in [-0.15, -0.1) is 11.3 Å². The topological polar surface area (TPSA) is 86.5 Å². The average Bonchev–Trinajstić information content (AvgIpc) is 2.97. The Labute approximate surface area is 133 Å². The molecule has 22 heavy (non-hydrogen) atoms. The third-order valence-electron chi connectivity index (χ3n) is 2.76. The molecular formula is C15H19N3O3S. The van der Waals surface area contributed by atoms with Gasteiger partial charge in [0, 0.05) is 18.0 Å². The highest BCUT2D eigenvalue weighted by Gasteiger charge is 2.14. The predicted octanol–water partition coefficient (Wildman–Crippen LogP) is 2.65. The number of hydrogen-bond acceptors (Lipinski definition) is 6. The van der Waals surface area contributed by atoms with Gasteiger partial charge in [0.25, 0.3) is 5.91 Å². The SMILES string of the molecule is COc1ccc(OC(C)C)c(NC(=O)c2csc(CN)n2)c1. The minimum Gasteiger partial charge on any atom is -0.497 e. The molecule has 0 bridgehead atoms. The predicted molar refractivity (Wildman–Crippen MR) is 86.7 cm³/mol. The van der Waals surface area contributed by atoms with E-state index in [9.17, 15) is 4.79 Å². The summed E-state index contributed by atoms with van der Waals surface area (Å²) in [4.78, 5) is 16.4. The summed E-state index contributed by atoms with van der Waals surface area (Å²) in [5, 5.41) is 5.20.